The smallest absolute Gasteiger partial charge is 0.329 e. The quantitative estimate of drug-likeness (QED) is 0.803. The number of carbonyl (C=O) groups excluding carboxylic acids is 1. The Morgan fingerprint density at radius 1 is 1.26 bits per heavy atom. The van der Waals surface area contributed by atoms with Gasteiger partial charge in [-0.3, -0.25) is 0 Å². The van der Waals surface area contributed by atoms with Gasteiger partial charge in [-0.1, -0.05) is 23.2 Å². The van der Waals surface area contributed by atoms with Crippen LogP contribution in [0, 0.1) is 5.82 Å². The van der Waals surface area contributed by atoms with E-state index in [4.69, 9.17) is 28.3 Å². The molecule has 0 unspecified atom stereocenters. The van der Waals surface area contributed by atoms with Crippen molar-refractivity contribution in [3.8, 4) is 0 Å². The molecular formula is C11H9Cl2FN2O3. The summed E-state index contributed by atoms with van der Waals surface area (Å²) >= 11 is 11.5. The molecule has 1 aromatic carbocycles. The first kappa shape index (κ1) is 13.9. The van der Waals surface area contributed by atoms with Crippen LogP contribution in [0.15, 0.2) is 12.1 Å². The van der Waals surface area contributed by atoms with E-state index < -0.39 is 23.4 Å². The van der Waals surface area contributed by atoms with Gasteiger partial charge in [-0.25, -0.2) is 14.0 Å². The Morgan fingerprint density at radius 3 is 2.21 bits per heavy atom. The van der Waals surface area contributed by atoms with Gasteiger partial charge in [0, 0.05) is 0 Å². The van der Waals surface area contributed by atoms with Crippen LogP contribution in [0.1, 0.15) is 12.8 Å². The molecule has 3 N–H and O–H groups in total. The topological polar surface area (TPSA) is 78.4 Å². The van der Waals surface area contributed by atoms with Crippen molar-refractivity contribution < 1.29 is 19.1 Å². The maximum Gasteiger partial charge on any atom is 0.329 e. The van der Waals surface area contributed by atoms with Gasteiger partial charge in [-0.15, -0.1) is 0 Å². The molecule has 2 amide bonds. The third-order valence-electron chi connectivity index (χ3n) is 2.76. The zero-order valence-electron chi connectivity index (χ0n) is 9.47. The Kier molecular flexibility index (Phi) is 3.56. The minimum absolute atomic E-state index is 0.0309. The molecule has 5 nitrogen and oxygen atoms in total. The van der Waals surface area contributed by atoms with Gasteiger partial charge < -0.3 is 15.7 Å². The number of urea groups is 1. The average molecular weight is 307 g/mol. The fraction of sp³-hybridized carbons (Fsp3) is 0.273. The Morgan fingerprint density at radius 2 is 1.79 bits per heavy atom. The maximum absolute atomic E-state index is 13.0. The molecule has 1 saturated carbocycles. The van der Waals surface area contributed by atoms with Crippen molar-refractivity contribution in [2.75, 3.05) is 5.32 Å². The minimum Gasteiger partial charge on any atom is -0.480 e. The molecular weight excluding hydrogens is 298 g/mol. The molecule has 0 saturated heterocycles. The third-order valence-corrected chi connectivity index (χ3v) is 3.35. The number of rotatable bonds is 3. The number of hydrogen-bond acceptors (Lipinski definition) is 2. The van der Waals surface area contributed by atoms with Crippen molar-refractivity contribution in [1.29, 1.82) is 0 Å². The zero-order chi connectivity index (χ0) is 14.2. The lowest BCUT2D eigenvalue weighted by Crippen LogP contribution is -2.45. The molecule has 1 aliphatic rings. The monoisotopic (exact) mass is 306 g/mol. The summed E-state index contributed by atoms with van der Waals surface area (Å²) in [6, 6.07) is 1.23. The normalized spacial score (nSPS) is 15.7. The summed E-state index contributed by atoms with van der Waals surface area (Å²) in [7, 11) is 0. The number of hydrogen-bond donors (Lipinski definition) is 3. The summed E-state index contributed by atoms with van der Waals surface area (Å²) in [6.07, 6.45) is 0.723. The van der Waals surface area contributed by atoms with E-state index in [0.29, 0.717) is 12.8 Å². The predicted molar refractivity (Wildman–Crippen MR) is 68.2 cm³/mol. The first-order valence-electron chi connectivity index (χ1n) is 5.31. The van der Waals surface area contributed by atoms with Crippen LogP contribution in [-0.4, -0.2) is 22.6 Å². The van der Waals surface area contributed by atoms with Crippen molar-refractivity contribution in [2.24, 2.45) is 0 Å². The number of anilines is 1. The summed E-state index contributed by atoms with van der Waals surface area (Å²) in [5.41, 5.74) is -1.19. The second kappa shape index (κ2) is 4.86. The van der Waals surface area contributed by atoms with Crippen LogP contribution in [0.25, 0.3) is 0 Å². The van der Waals surface area contributed by atoms with Gasteiger partial charge in [0.05, 0.1) is 15.7 Å². The van der Waals surface area contributed by atoms with Crippen molar-refractivity contribution in [2.45, 2.75) is 18.4 Å². The van der Waals surface area contributed by atoms with E-state index in [1.165, 1.54) is 0 Å². The first-order valence-corrected chi connectivity index (χ1v) is 6.07. The number of nitrogens with one attached hydrogen (secondary N) is 2. The maximum atomic E-state index is 13.0. The summed E-state index contributed by atoms with van der Waals surface area (Å²) in [5.74, 6) is -1.73. The van der Waals surface area contributed by atoms with Crippen LogP contribution in [-0.2, 0) is 4.79 Å². The molecule has 1 aromatic rings. The van der Waals surface area contributed by atoms with E-state index in [-0.39, 0.29) is 15.7 Å². The Balaban J connectivity index is 2.10. The van der Waals surface area contributed by atoms with Crippen molar-refractivity contribution in [1.82, 2.24) is 5.32 Å². The molecule has 0 spiro atoms. The molecule has 0 atom stereocenters. The van der Waals surface area contributed by atoms with Crippen molar-refractivity contribution in [3.63, 3.8) is 0 Å². The number of amides is 2. The molecule has 0 bridgehead atoms. The highest BCUT2D eigenvalue weighted by molar-refractivity contribution is 6.39. The highest BCUT2D eigenvalue weighted by Gasteiger charge is 2.51. The van der Waals surface area contributed by atoms with E-state index >= 15 is 0 Å². The first-order chi connectivity index (χ1) is 8.84. The zero-order valence-corrected chi connectivity index (χ0v) is 11.0. The van der Waals surface area contributed by atoms with E-state index in [2.05, 4.69) is 10.6 Å². The van der Waals surface area contributed by atoms with Crippen molar-refractivity contribution in [3.05, 3.63) is 28.0 Å². The molecule has 1 fully saturated rings. The third kappa shape index (κ3) is 2.90. The van der Waals surface area contributed by atoms with Crippen LogP contribution in [0.5, 0.6) is 0 Å². The van der Waals surface area contributed by atoms with E-state index in [1.54, 1.807) is 0 Å². The van der Waals surface area contributed by atoms with Crippen LogP contribution in [0.2, 0.25) is 10.0 Å². The van der Waals surface area contributed by atoms with Gasteiger partial charge in [-0.05, 0) is 25.0 Å². The summed E-state index contributed by atoms with van der Waals surface area (Å²) in [5, 5.41) is 13.4. The number of carboxylic acid groups (broad SMARTS) is 1. The Hall–Kier alpha value is -1.53. The van der Waals surface area contributed by atoms with Gasteiger partial charge >= 0.3 is 12.0 Å². The van der Waals surface area contributed by atoms with Gasteiger partial charge in [0.1, 0.15) is 11.4 Å². The Labute approximate surface area is 117 Å². The van der Waals surface area contributed by atoms with E-state index in [9.17, 15) is 14.0 Å². The lowest BCUT2D eigenvalue weighted by Gasteiger charge is -2.14. The number of aliphatic carboxylic acids is 1. The highest BCUT2D eigenvalue weighted by atomic mass is 35.5. The average Bonchev–Trinajstić information content (AvgIpc) is 3.04. The molecule has 0 aliphatic heterocycles. The predicted octanol–water partition coefficient (Wildman–Crippen LogP) is 2.87. The second-order valence-electron chi connectivity index (χ2n) is 4.21. The Bertz CT molecular complexity index is 538. The van der Waals surface area contributed by atoms with Gasteiger partial charge in [0.25, 0.3) is 0 Å². The summed E-state index contributed by atoms with van der Waals surface area (Å²) in [4.78, 5) is 22.6. The highest BCUT2D eigenvalue weighted by Crippen LogP contribution is 2.36. The van der Waals surface area contributed by atoms with Gasteiger partial charge in [0.2, 0.25) is 0 Å². The molecule has 1 aliphatic carbocycles. The van der Waals surface area contributed by atoms with Crippen LogP contribution < -0.4 is 10.6 Å². The van der Waals surface area contributed by atoms with Crippen molar-refractivity contribution >= 4 is 40.9 Å². The molecule has 0 heterocycles. The number of carbonyl (C=O) groups is 2. The molecule has 0 aromatic heterocycles. The van der Waals surface area contributed by atoms with Crippen LogP contribution >= 0.6 is 23.2 Å². The minimum atomic E-state index is -1.22. The lowest BCUT2D eigenvalue weighted by molar-refractivity contribution is -0.140. The number of halogens is 3. The van der Waals surface area contributed by atoms with E-state index in [1.807, 2.05) is 0 Å². The standard InChI is InChI=1S/C11H9Cl2FN2O3/c12-6-3-5(14)4-7(13)8(6)15-10(19)16-11(1-2-11)9(17)18/h3-4H,1-2H2,(H,17,18)(H2,15,16,19). The van der Waals surface area contributed by atoms with Gasteiger partial charge in [0.15, 0.2) is 0 Å². The lowest BCUT2D eigenvalue weighted by atomic mass is 10.3. The molecule has 19 heavy (non-hydrogen) atoms. The largest absolute Gasteiger partial charge is 0.480 e. The SMILES string of the molecule is O=C(Nc1c(Cl)cc(F)cc1Cl)NC1(C(=O)O)CC1. The summed E-state index contributed by atoms with van der Waals surface area (Å²) < 4.78 is 13.0. The van der Waals surface area contributed by atoms with Crippen LogP contribution in [0.4, 0.5) is 14.9 Å². The fourth-order valence-corrected chi connectivity index (χ4v) is 2.10. The van der Waals surface area contributed by atoms with E-state index in [0.717, 1.165) is 12.1 Å². The molecule has 2 rings (SSSR count). The number of carboxylic acids is 1. The number of benzene rings is 1. The fourth-order valence-electron chi connectivity index (χ4n) is 1.54. The molecule has 102 valence electrons. The molecule has 0 radical (unpaired) electrons. The second-order valence-corrected chi connectivity index (χ2v) is 5.03. The summed E-state index contributed by atoms with van der Waals surface area (Å²) in [6.45, 7) is 0. The van der Waals surface area contributed by atoms with Crippen LogP contribution in [0.3, 0.4) is 0 Å². The van der Waals surface area contributed by atoms with Gasteiger partial charge in [-0.2, -0.15) is 0 Å². The molecule has 8 heteroatoms.